The van der Waals surface area contributed by atoms with Gasteiger partial charge in [-0.05, 0) is 43.1 Å². The van der Waals surface area contributed by atoms with Crippen molar-refractivity contribution in [3.8, 4) is 0 Å². The minimum absolute atomic E-state index is 0.109. The predicted octanol–water partition coefficient (Wildman–Crippen LogP) is 0.461. The molecule has 1 amide bonds. The monoisotopic (exact) mass is 367 g/mol. The van der Waals surface area contributed by atoms with Crippen molar-refractivity contribution in [2.45, 2.75) is 12.8 Å². The van der Waals surface area contributed by atoms with Gasteiger partial charge in [0.1, 0.15) is 0 Å². The number of sulfonamides is 1. The van der Waals surface area contributed by atoms with E-state index in [0.29, 0.717) is 30.8 Å². The second kappa shape index (κ2) is 7.72. The molecule has 2 aliphatic rings. The van der Waals surface area contributed by atoms with Crippen molar-refractivity contribution in [3.05, 3.63) is 29.3 Å². The van der Waals surface area contributed by atoms with E-state index in [4.69, 9.17) is 4.74 Å². The van der Waals surface area contributed by atoms with Crippen LogP contribution in [0.15, 0.2) is 18.2 Å². The van der Waals surface area contributed by atoms with Crippen LogP contribution in [0.25, 0.3) is 0 Å². The maximum Gasteiger partial charge on any atom is 0.251 e. The Morgan fingerprint density at radius 1 is 1.24 bits per heavy atom. The number of ether oxygens (including phenoxy) is 1. The van der Waals surface area contributed by atoms with Gasteiger partial charge >= 0.3 is 0 Å². The summed E-state index contributed by atoms with van der Waals surface area (Å²) in [5.41, 5.74) is 2.18. The Bertz CT molecular complexity index is 729. The lowest BCUT2D eigenvalue weighted by molar-refractivity contribution is 0.0374. The predicted molar refractivity (Wildman–Crippen MR) is 96.5 cm³/mol. The third-order valence-electron chi connectivity index (χ3n) is 4.64. The van der Waals surface area contributed by atoms with E-state index in [0.717, 1.165) is 44.8 Å². The summed E-state index contributed by atoms with van der Waals surface area (Å²) in [6.07, 6.45) is 2.75. The lowest BCUT2D eigenvalue weighted by Gasteiger charge is -2.26. The second-order valence-corrected chi connectivity index (χ2v) is 8.40. The Morgan fingerprint density at radius 3 is 2.72 bits per heavy atom. The summed E-state index contributed by atoms with van der Waals surface area (Å²) in [7, 11) is -3.26. The normalized spacial score (nSPS) is 18.2. The van der Waals surface area contributed by atoms with Gasteiger partial charge in [-0.3, -0.25) is 14.0 Å². The van der Waals surface area contributed by atoms with Gasteiger partial charge in [-0.1, -0.05) is 0 Å². The largest absolute Gasteiger partial charge is 0.379 e. The number of fused-ring (bicyclic) bond motifs is 1. The molecule has 138 valence electrons. The zero-order valence-electron chi connectivity index (χ0n) is 14.5. The molecule has 0 aliphatic carbocycles. The minimum Gasteiger partial charge on any atom is -0.379 e. The van der Waals surface area contributed by atoms with Crippen LogP contribution in [-0.4, -0.2) is 71.4 Å². The van der Waals surface area contributed by atoms with Gasteiger partial charge in [0, 0.05) is 31.7 Å². The smallest absolute Gasteiger partial charge is 0.251 e. The van der Waals surface area contributed by atoms with Crippen LogP contribution >= 0.6 is 0 Å². The van der Waals surface area contributed by atoms with Crippen molar-refractivity contribution in [1.29, 1.82) is 0 Å². The molecular weight excluding hydrogens is 342 g/mol. The first-order valence-electron chi connectivity index (χ1n) is 8.64. The fraction of sp³-hybridized carbons (Fsp3) is 0.588. The number of rotatable bonds is 6. The molecule has 0 unspecified atom stereocenters. The maximum atomic E-state index is 12.3. The van der Waals surface area contributed by atoms with E-state index in [1.807, 2.05) is 0 Å². The van der Waals surface area contributed by atoms with E-state index in [9.17, 15) is 13.2 Å². The second-order valence-electron chi connectivity index (χ2n) is 6.49. The Hall–Kier alpha value is -1.64. The summed E-state index contributed by atoms with van der Waals surface area (Å²) in [5.74, 6) is -0.109. The fourth-order valence-electron chi connectivity index (χ4n) is 3.29. The number of carbonyl (C=O) groups excluding carboxylic acids is 1. The number of amides is 1. The molecule has 25 heavy (non-hydrogen) atoms. The average Bonchev–Trinajstić information content (AvgIpc) is 3.03. The molecule has 2 heterocycles. The minimum atomic E-state index is -3.26. The van der Waals surface area contributed by atoms with Crippen LogP contribution in [0.1, 0.15) is 22.3 Å². The Morgan fingerprint density at radius 2 is 2.00 bits per heavy atom. The van der Waals surface area contributed by atoms with Crippen molar-refractivity contribution >= 4 is 21.6 Å². The molecule has 3 rings (SSSR count). The molecule has 8 heteroatoms. The summed E-state index contributed by atoms with van der Waals surface area (Å²) in [5, 5.41) is 2.94. The van der Waals surface area contributed by atoms with Crippen LogP contribution in [0.4, 0.5) is 5.69 Å². The van der Waals surface area contributed by atoms with Crippen molar-refractivity contribution in [1.82, 2.24) is 10.2 Å². The molecule has 1 aromatic rings. The summed E-state index contributed by atoms with van der Waals surface area (Å²) in [4.78, 5) is 14.6. The zero-order chi connectivity index (χ0) is 17.9. The molecular formula is C17H25N3O4S. The Kier molecular flexibility index (Phi) is 5.61. The van der Waals surface area contributed by atoms with E-state index >= 15 is 0 Å². The first-order valence-corrected chi connectivity index (χ1v) is 10.5. The molecule has 0 aromatic heterocycles. The van der Waals surface area contributed by atoms with E-state index in [1.54, 1.807) is 18.2 Å². The summed E-state index contributed by atoms with van der Waals surface area (Å²) < 4.78 is 30.2. The van der Waals surface area contributed by atoms with E-state index in [1.165, 1.54) is 10.6 Å². The maximum absolute atomic E-state index is 12.3. The lowest BCUT2D eigenvalue weighted by atomic mass is 10.1. The van der Waals surface area contributed by atoms with Crippen LogP contribution in [0.5, 0.6) is 0 Å². The molecule has 0 saturated carbocycles. The third kappa shape index (κ3) is 4.50. The Balaban J connectivity index is 1.51. The highest BCUT2D eigenvalue weighted by molar-refractivity contribution is 7.92. The molecule has 0 radical (unpaired) electrons. The van der Waals surface area contributed by atoms with Crippen molar-refractivity contribution in [2.24, 2.45) is 0 Å². The van der Waals surface area contributed by atoms with Gasteiger partial charge in [-0.15, -0.1) is 0 Å². The molecule has 1 N–H and O–H groups in total. The van der Waals surface area contributed by atoms with Gasteiger partial charge in [0.2, 0.25) is 10.0 Å². The van der Waals surface area contributed by atoms with Crippen LogP contribution in [0, 0.1) is 0 Å². The number of nitrogens with zero attached hydrogens (tertiary/aromatic N) is 2. The van der Waals surface area contributed by atoms with Gasteiger partial charge in [-0.2, -0.15) is 0 Å². The van der Waals surface area contributed by atoms with Gasteiger partial charge in [0.05, 0.1) is 25.2 Å². The lowest BCUT2D eigenvalue weighted by Crippen LogP contribution is -2.38. The summed E-state index contributed by atoms with van der Waals surface area (Å²) in [6.45, 7) is 5.50. The molecule has 0 atom stereocenters. The van der Waals surface area contributed by atoms with Crippen molar-refractivity contribution in [2.75, 3.05) is 56.5 Å². The molecule has 7 nitrogen and oxygen atoms in total. The number of hydrogen-bond acceptors (Lipinski definition) is 5. The number of carbonyl (C=O) groups is 1. The van der Waals surface area contributed by atoms with E-state index in [-0.39, 0.29) is 5.91 Å². The van der Waals surface area contributed by atoms with Crippen molar-refractivity contribution in [3.63, 3.8) is 0 Å². The van der Waals surface area contributed by atoms with E-state index < -0.39 is 10.0 Å². The summed E-state index contributed by atoms with van der Waals surface area (Å²) >= 11 is 0. The summed E-state index contributed by atoms with van der Waals surface area (Å²) in [6, 6.07) is 5.23. The number of benzene rings is 1. The van der Waals surface area contributed by atoms with Crippen LogP contribution < -0.4 is 9.62 Å². The average molecular weight is 367 g/mol. The zero-order valence-corrected chi connectivity index (χ0v) is 15.3. The molecule has 2 aliphatic heterocycles. The molecule has 0 spiro atoms. The topological polar surface area (TPSA) is 79.0 Å². The molecule has 1 saturated heterocycles. The molecule has 0 bridgehead atoms. The standard InChI is InChI=1S/C17H25N3O4S/c1-25(22,23)20-8-5-14-13-15(3-4-16(14)20)17(21)18-6-2-7-19-9-11-24-12-10-19/h3-4,13H,2,5-12H2,1H3,(H,18,21). The number of anilines is 1. The van der Waals surface area contributed by atoms with Gasteiger partial charge in [0.25, 0.3) is 5.91 Å². The highest BCUT2D eigenvalue weighted by atomic mass is 32.2. The van der Waals surface area contributed by atoms with E-state index in [2.05, 4.69) is 10.2 Å². The Labute approximate surface area is 149 Å². The van der Waals surface area contributed by atoms with Crippen LogP contribution in [0.3, 0.4) is 0 Å². The molecule has 1 aromatic carbocycles. The highest BCUT2D eigenvalue weighted by Crippen LogP contribution is 2.30. The first kappa shape index (κ1) is 18.2. The van der Waals surface area contributed by atoms with Crippen LogP contribution in [0.2, 0.25) is 0 Å². The van der Waals surface area contributed by atoms with Gasteiger partial charge in [0.15, 0.2) is 0 Å². The third-order valence-corrected chi connectivity index (χ3v) is 5.82. The van der Waals surface area contributed by atoms with Gasteiger partial charge in [-0.25, -0.2) is 8.42 Å². The van der Waals surface area contributed by atoms with Crippen molar-refractivity contribution < 1.29 is 17.9 Å². The number of hydrogen-bond donors (Lipinski definition) is 1. The fourth-order valence-corrected chi connectivity index (χ4v) is 4.25. The SMILES string of the molecule is CS(=O)(=O)N1CCc2cc(C(=O)NCCCN3CCOCC3)ccc21. The van der Waals surface area contributed by atoms with Crippen LogP contribution in [-0.2, 0) is 21.2 Å². The number of nitrogens with one attached hydrogen (secondary N) is 1. The quantitative estimate of drug-likeness (QED) is 0.739. The first-order chi connectivity index (χ1) is 11.9. The molecule has 1 fully saturated rings. The number of morpholine rings is 1. The highest BCUT2D eigenvalue weighted by Gasteiger charge is 2.26. The van der Waals surface area contributed by atoms with Gasteiger partial charge < -0.3 is 10.1 Å².